The van der Waals surface area contributed by atoms with Crippen LogP contribution < -0.4 is 43.8 Å². The van der Waals surface area contributed by atoms with Crippen molar-refractivity contribution >= 4 is 53.3 Å². The minimum absolute atomic E-state index is 0.0847. The number of rotatable bonds is 23. The first-order valence-corrected chi connectivity index (χ1v) is 16.0. The van der Waals surface area contributed by atoms with Crippen LogP contribution in [-0.2, 0) is 49.6 Å². The van der Waals surface area contributed by atoms with Crippen LogP contribution in [0, 0.1) is 5.92 Å². The highest BCUT2D eigenvalue weighted by Crippen LogP contribution is 2.13. The first-order valence-electron chi connectivity index (χ1n) is 16.0. The van der Waals surface area contributed by atoms with Gasteiger partial charge in [0.15, 0.2) is 0 Å². The van der Waals surface area contributed by atoms with E-state index in [0.717, 1.165) is 0 Å². The summed E-state index contributed by atoms with van der Waals surface area (Å²) < 4.78 is 0. The maximum atomic E-state index is 13.4. The Hall–Kier alpha value is -5.83. The molecule has 1 aromatic rings. The highest BCUT2D eigenvalue weighted by molar-refractivity contribution is 5.98. The van der Waals surface area contributed by atoms with Crippen LogP contribution in [0.4, 0.5) is 0 Å². The number of carboxylic acid groups (broad SMARTS) is 2. The van der Waals surface area contributed by atoms with Crippen LogP contribution in [0.3, 0.4) is 0 Å². The summed E-state index contributed by atoms with van der Waals surface area (Å²) in [7, 11) is 0. The van der Waals surface area contributed by atoms with Gasteiger partial charge in [0.25, 0.3) is 0 Å². The number of aliphatic hydroxyl groups is 1. The summed E-state index contributed by atoms with van der Waals surface area (Å²) in [6, 6.07) is -4.25. The number of aliphatic carboxylic acids is 2. The van der Waals surface area contributed by atoms with Gasteiger partial charge in [0.2, 0.25) is 41.4 Å². The molecule has 52 heavy (non-hydrogen) atoms. The Morgan fingerprint density at radius 3 is 1.69 bits per heavy atom. The fourth-order valence-corrected chi connectivity index (χ4v) is 4.53. The van der Waals surface area contributed by atoms with Gasteiger partial charge in [-0.25, -0.2) is 4.79 Å². The molecule has 0 heterocycles. The molecule has 288 valence electrons. The molecule has 15 N–H and O–H groups in total. The predicted octanol–water partition coefficient (Wildman–Crippen LogP) is -4.58. The third-order valence-corrected chi connectivity index (χ3v) is 7.69. The standard InChI is InChI=1S/C31H46N8O13/c1-3-14(2)25(39-28(48)19(12-24(44)45)35-26(46)17(32)8-9-22(33)42)30(50)38-21(13-40)29(49)36-18(11-23(34)43)27(47)37-20(31(51)52)10-15-4-6-16(41)7-5-15/h4-7,14,17-21,25,40-41H,3,8-13,32H2,1-2H3,(H2,33,42)(H2,34,43)(H,35,46)(H,36,49)(H,37,47)(H,38,50)(H,39,48)(H,44,45)(H,51,52)/t14-,17-,18-,19-,20-,21-,25-/m0/s1. The molecule has 0 bridgehead atoms. The number of carbonyl (C=O) groups is 9. The summed E-state index contributed by atoms with van der Waals surface area (Å²) in [6.45, 7) is 2.09. The summed E-state index contributed by atoms with van der Waals surface area (Å²) in [5, 5.41) is 49.4. The minimum atomic E-state index is -1.80. The number of benzene rings is 1. The van der Waals surface area contributed by atoms with Crippen molar-refractivity contribution in [3.63, 3.8) is 0 Å². The van der Waals surface area contributed by atoms with Gasteiger partial charge in [0.05, 0.1) is 25.5 Å². The van der Waals surface area contributed by atoms with Crippen LogP contribution in [0.15, 0.2) is 24.3 Å². The number of nitrogens with one attached hydrogen (secondary N) is 5. The van der Waals surface area contributed by atoms with E-state index >= 15 is 0 Å². The molecule has 21 heteroatoms. The molecule has 1 rings (SSSR count). The number of phenols is 1. The van der Waals surface area contributed by atoms with E-state index in [1.807, 2.05) is 0 Å². The second-order valence-electron chi connectivity index (χ2n) is 11.9. The summed E-state index contributed by atoms with van der Waals surface area (Å²) in [5.41, 5.74) is 16.4. The monoisotopic (exact) mass is 738 g/mol. The Morgan fingerprint density at radius 1 is 0.692 bits per heavy atom. The molecular formula is C31H46N8O13. The van der Waals surface area contributed by atoms with Gasteiger partial charge in [-0.3, -0.25) is 38.4 Å². The van der Waals surface area contributed by atoms with Gasteiger partial charge in [-0.05, 0) is 30.0 Å². The molecule has 0 saturated carbocycles. The summed E-state index contributed by atoms with van der Waals surface area (Å²) in [6.07, 6.45) is -2.22. The lowest BCUT2D eigenvalue weighted by atomic mass is 9.97. The molecule has 0 aromatic heterocycles. The number of hydrogen-bond acceptors (Lipinski definition) is 12. The smallest absolute Gasteiger partial charge is 0.326 e. The fourth-order valence-electron chi connectivity index (χ4n) is 4.53. The van der Waals surface area contributed by atoms with Gasteiger partial charge in [-0.2, -0.15) is 0 Å². The molecule has 0 spiro atoms. The van der Waals surface area contributed by atoms with E-state index in [1.54, 1.807) is 6.92 Å². The molecule has 1 aromatic carbocycles. The van der Waals surface area contributed by atoms with Crippen LogP contribution in [-0.4, -0.2) is 117 Å². The van der Waals surface area contributed by atoms with Gasteiger partial charge in [-0.1, -0.05) is 32.4 Å². The average molecular weight is 739 g/mol. The van der Waals surface area contributed by atoms with Gasteiger partial charge in [-0.15, -0.1) is 0 Å². The van der Waals surface area contributed by atoms with E-state index in [9.17, 15) is 63.6 Å². The molecule has 0 unspecified atom stereocenters. The maximum absolute atomic E-state index is 13.4. The van der Waals surface area contributed by atoms with Gasteiger partial charge in [0, 0.05) is 12.8 Å². The number of amides is 7. The molecule has 0 aliphatic carbocycles. The largest absolute Gasteiger partial charge is 0.508 e. The van der Waals surface area contributed by atoms with Crippen molar-refractivity contribution in [3.05, 3.63) is 29.8 Å². The van der Waals surface area contributed by atoms with Gasteiger partial charge < -0.3 is 64.2 Å². The molecule has 7 amide bonds. The van der Waals surface area contributed by atoms with Gasteiger partial charge in [0.1, 0.15) is 36.0 Å². The lowest BCUT2D eigenvalue weighted by Crippen LogP contribution is -2.61. The quantitative estimate of drug-likeness (QED) is 0.0503. The van der Waals surface area contributed by atoms with Crippen molar-refractivity contribution in [3.8, 4) is 5.75 Å². The molecule has 0 fully saturated rings. The first kappa shape index (κ1) is 44.2. The topological polar surface area (TPSA) is 373 Å². The van der Waals surface area contributed by atoms with E-state index in [-0.39, 0.29) is 31.4 Å². The van der Waals surface area contributed by atoms with E-state index < -0.39 is 115 Å². The Kier molecular flexibility index (Phi) is 18.2. The lowest BCUT2D eigenvalue weighted by molar-refractivity contribution is -0.143. The minimum Gasteiger partial charge on any atom is -0.508 e. The third-order valence-electron chi connectivity index (χ3n) is 7.69. The van der Waals surface area contributed by atoms with E-state index in [2.05, 4.69) is 26.6 Å². The molecule has 0 radical (unpaired) electrons. The van der Waals surface area contributed by atoms with Crippen LogP contribution >= 0.6 is 0 Å². The van der Waals surface area contributed by atoms with Crippen LogP contribution in [0.1, 0.15) is 51.5 Å². The number of carbonyl (C=O) groups excluding carboxylic acids is 7. The number of nitrogens with two attached hydrogens (primary N) is 3. The van der Waals surface area contributed by atoms with Crippen LogP contribution in [0.5, 0.6) is 5.75 Å². The van der Waals surface area contributed by atoms with Crippen molar-refractivity contribution in [1.29, 1.82) is 0 Å². The summed E-state index contributed by atoms with van der Waals surface area (Å²) in [4.78, 5) is 111. The zero-order valence-electron chi connectivity index (χ0n) is 28.5. The number of primary amides is 2. The SMILES string of the molecule is CC[C@H](C)[C@H](NC(=O)[C@H](CC(=O)O)NC(=O)[C@@H](N)CCC(N)=O)C(=O)N[C@@H](CO)C(=O)N[C@@H](CC(N)=O)C(=O)N[C@@H](Cc1ccc(O)cc1)C(=O)O. The maximum Gasteiger partial charge on any atom is 0.326 e. The van der Waals surface area contributed by atoms with Crippen molar-refractivity contribution in [1.82, 2.24) is 26.6 Å². The number of aliphatic hydroxyl groups excluding tert-OH is 1. The second kappa shape index (κ2) is 21.4. The first-order chi connectivity index (χ1) is 24.3. The summed E-state index contributed by atoms with van der Waals surface area (Å²) in [5.74, 6) is -11.1. The Labute approximate surface area is 297 Å². The average Bonchev–Trinajstić information content (AvgIpc) is 3.07. The second-order valence-corrected chi connectivity index (χ2v) is 11.9. The Morgan fingerprint density at radius 2 is 1.19 bits per heavy atom. The number of phenolic OH excluding ortho intramolecular Hbond substituents is 1. The molecule has 0 aliphatic rings. The fraction of sp³-hybridized carbons (Fsp3) is 0.516. The Bertz CT molecular complexity index is 1470. The normalized spacial score (nSPS) is 14.8. The lowest BCUT2D eigenvalue weighted by Gasteiger charge is -2.28. The Balaban J connectivity index is 3.14. The van der Waals surface area contributed by atoms with Crippen molar-refractivity contribution in [2.45, 2.75) is 88.6 Å². The van der Waals surface area contributed by atoms with E-state index in [0.29, 0.717) is 5.56 Å². The highest BCUT2D eigenvalue weighted by Gasteiger charge is 2.35. The predicted molar refractivity (Wildman–Crippen MR) is 178 cm³/mol. The molecule has 21 nitrogen and oxygen atoms in total. The molecular weight excluding hydrogens is 692 g/mol. The molecule has 7 atom stereocenters. The van der Waals surface area contributed by atoms with Crippen molar-refractivity contribution in [2.24, 2.45) is 23.1 Å². The van der Waals surface area contributed by atoms with Crippen molar-refractivity contribution < 1.29 is 63.6 Å². The summed E-state index contributed by atoms with van der Waals surface area (Å²) >= 11 is 0. The number of hydrogen-bond donors (Lipinski definition) is 12. The zero-order valence-corrected chi connectivity index (χ0v) is 28.5. The van der Waals surface area contributed by atoms with E-state index in [4.69, 9.17) is 17.2 Å². The molecule has 0 saturated heterocycles. The van der Waals surface area contributed by atoms with Crippen LogP contribution in [0.2, 0.25) is 0 Å². The highest BCUT2D eigenvalue weighted by atomic mass is 16.4. The number of aromatic hydroxyl groups is 1. The molecule has 0 aliphatic heterocycles. The van der Waals surface area contributed by atoms with Gasteiger partial charge >= 0.3 is 11.9 Å². The van der Waals surface area contributed by atoms with E-state index in [1.165, 1.54) is 31.2 Å². The number of carboxylic acids is 2. The third kappa shape index (κ3) is 15.4. The van der Waals surface area contributed by atoms with Crippen LogP contribution in [0.25, 0.3) is 0 Å². The van der Waals surface area contributed by atoms with Crippen molar-refractivity contribution in [2.75, 3.05) is 6.61 Å². The zero-order chi connectivity index (χ0) is 39.7.